The molecule has 0 spiro atoms. The molecule has 1 aliphatic heterocycles. The number of hydrogen-bond acceptors (Lipinski definition) is 6. The number of rotatable bonds is 5. The summed E-state index contributed by atoms with van der Waals surface area (Å²) < 4.78 is 5.54. The highest BCUT2D eigenvalue weighted by molar-refractivity contribution is 7.16. The Kier molecular flexibility index (Phi) is 4.94. The quantitative estimate of drug-likeness (QED) is 0.653. The molecule has 0 fully saturated rings. The third-order valence-corrected chi connectivity index (χ3v) is 5.56. The van der Waals surface area contributed by atoms with Crippen molar-refractivity contribution in [3.63, 3.8) is 0 Å². The van der Waals surface area contributed by atoms with Crippen molar-refractivity contribution in [2.24, 2.45) is 0 Å². The maximum Gasteiger partial charge on any atom is 0.335 e. The van der Waals surface area contributed by atoms with Gasteiger partial charge < -0.3 is 20.1 Å². The second kappa shape index (κ2) is 7.56. The largest absolute Gasteiger partial charge is 0.482 e. The third kappa shape index (κ3) is 3.66. The van der Waals surface area contributed by atoms with Crippen molar-refractivity contribution in [2.45, 2.75) is 13.8 Å². The van der Waals surface area contributed by atoms with Crippen LogP contribution in [-0.2, 0) is 4.79 Å². The van der Waals surface area contributed by atoms with Crippen LogP contribution in [0.2, 0.25) is 0 Å². The molecule has 0 aliphatic carbocycles. The Balaban J connectivity index is 1.62. The Bertz CT molecular complexity index is 1090. The number of thiazole rings is 1. The van der Waals surface area contributed by atoms with E-state index >= 15 is 0 Å². The smallest absolute Gasteiger partial charge is 0.335 e. The van der Waals surface area contributed by atoms with Crippen LogP contribution in [0.4, 0.5) is 16.5 Å². The Morgan fingerprint density at radius 2 is 2.03 bits per heavy atom. The summed E-state index contributed by atoms with van der Waals surface area (Å²) in [5.41, 5.74) is 3.49. The second-order valence-corrected chi connectivity index (χ2v) is 7.74. The summed E-state index contributed by atoms with van der Waals surface area (Å²) in [5.74, 6) is -0.320. The van der Waals surface area contributed by atoms with Gasteiger partial charge in [0.05, 0.1) is 16.9 Å². The maximum absolute atomic E-state index is 12.1. The number of likely N-dealkylation sites (N-methyl/N-ethyl adjacent to an activating group) is 1. The summed E-state index contributed by atoms with van der Waals surface area (Å²) in [6.07, 6.45) is 0. The van der Waals surface area contributed by atoms with Crippen molar-refractivity contribution in [3.05, 3.63) is 52.9 Å². The third-order valence-electron chi connectivity index (χ3n) is 4.67. The number of carboxylic acid groups (broad SMARTS) is 1. The molecule has 2 aromatic carbocycles. The van der Waals surface area contributed by atoms with E-state index in [0.29, 0.717) is 17.4 Å². The summed E-state index contributed by atoms with van der Waals surface area (Å²) in [4.78, 5) is 30.5. The standard InChI is InChI=1S/C21H19N3O4S/c1-3-24-16-10-14(6-9-17(16)28-11-18(24)25)19-12(2)29-21(23-19)22-15-7-4-13(5-8-15)20(26)27/h4-10H,3,11H2,1-2H3,(H,22,23)(H,26,27). The number of ether oxygens (including phenoxy) is 1. The van der Waals surface area contributed by atoms with Gasteiger partial charge in [-0.25, -0.2) is 9.78 Å². The molecule has 0 atom stereocenters. The van der Waals surface area contributed by atoms with Crippen molar-refractivity contribution >= 4 is 39.7 Å². The van der Waals surface area contributed by atoms with Crippen molar-refractivity contribution in [1.29, 1.82) is 0 Å². The number of aromatic carboxylic acids is 1. The summed E-state index contributed by atoms with van der Waals surface area (Å²) in [6, 6.07) is 12.3. The van der Waals surface area contributed by atoms with E-state index in [4.69, 9.17) is 14.8 Å². The lowest BCUT2D eigenvalue weighted by Gasteiger charge is -2.28. The van der Waals surface area contributed by atoms with E-state index in [1.54, 1.807) is 29.2 Å². The molecule has 0 radical (unpaired) electrons. The molecule has 4 rings (SSSR count). The van der Waals surface area contributed by atoms with Gasteiger partial charge in [-0.15, -0.1) is 11.3 Å². The molecule has 148 valence electrons. The number of hydrogen-bond donors (Lipinski definition) is 2. The minimum Gasteiger partial charge on any atom is -0.482 e. The van der Waals surface area contributed by atoms with Gasteiger partial charge in [0.2, 0.25) is 0 Å². The summed E-state index contributed by atoms with van der Waals surface area (Å²) in [6.45, 7) is 4.56. The van der Waals surface area contributed by atoms with Gasteiger partial charge in [0.1, 0.15) is 5.75 Å². The number of carbonyl (C=O) groups is 2. The molecule has 3 aromatic rings. The van der Waals surface area contributed by atoms with Gasteiger partial charge in [-0.3, -0.25) is 4.79 Å². The highest BCUT2D eigenvalue weighted by Crippen LogP contribution is 2.38. The van der Waals surface area contributed by atoms with Gasteiger partial charge in [-0.1, -0.05) is 0 Å². The topological polar surface area (TPSA) is 91.8 Å². The van der Waals surface area contributed by atoms with Crippen LogP contribution >= 0.6 is 11.3 Å². The van der Waals surface area contributed by atoms with Gasteiger partial charge >= 0.3 is 5.97 Å². The average Bonchev–Trinajstić information content (AvgIpc) is 3.08. The molecule has 8 heteroatoms. The zero-order chi connectivity index (χ0) is 20.5. The van der Waals surface area contributed by atoms with Gasteiger partial charge in [0.15, 0.2) is 11.7 Å². The number of nitrogens with one attached hydrogen (secondary N) is 1. The molecule has 7 nitrogen and oxygen atoms in total. The first-order valence-corrected chi connectivity index (χ1v) is 9.93. The van der Waals surface area contributed by atoms with E-state index < -0.39 is 5.97 Å². The fourth-order valence-electron chi connectivity index (χ4n) is 3.23. The molecule has 1 aliphatic rings. The van der Waals surface area contributed by atoms with Crippen LogP contribution in [0.15, 0.2) is 42.5 Å². The van der Waals surface area contributed by atoms with E-state index in [0.717, 1.165) is 27.5 Å². The predicted molar refractivity (Wildman–Crippen MR) is 112 cm³/mol. The summed E-state index contributed by atoms with van der Waals surface area (Å²) >= 11 is 1.51. The molecule has 0 saturated heterocycles. The molecule has 1 amide bonds. The van der Waals surface area contributed by atoms with E-state index in [1.807, 2.05) is 32.0 Å². The lowest BCUT2D eigenvalue weighted by atomic mass is 10.1. The molecule has 0 bridgehead atoms. The van der Waals surface area contributed by atoms with Crippen molar-refractivity contribution in [3.8, 4) is 17.0 Å². The number of aryl methyl sites for hydroxylation is 1. The zero-order valence-corrected chi connectivity index (χ0v) is 16.7. The molecule has 0 unspecified atom stereocenters. The number of fused-ring (bicyclic) bond motifs is 1. The number of anilines is 3. The van der Waals surface area contributed by atoms with Crippen LogP contribution in [0.5, 0.6) is 5.75 Å². The van der Waals surface area contributed by atoms with E-state index in [2.05, 4.69) is 5.32 Å². The van der Waals surface area contributed by atoms with Crippen LogP contribution in [0.1, 0.15) is 22.2 Å². The first-order chi connectivity index (χ1) is 14.0. The van der Waals surface area contributed by atoms with E-state index in [-0.39, 0.29) is 18.1 Å². The van der Waals surface area contributed by atoms with Gasteiger partial charge in [0, 0.05) is 22.7 Å². The Hall–Kier alpha value is -3.39. The van der Waals surface area contributed by atoms with Crippen LogP contribution < -0.4 is 15.0 Å². The Morgan fingerprint density at radius 3 is 2.72 bits per heavy atom. The number of carbonyl (C=O) groups excluding carboxylic acids is 1. The minimum absolute atomic E-state index is 0.0562. The van der Waals surface area contributed by atoms with Gasteiger partial charge in [0.25, 0.3) is 5.91 Å². The number of carboxylic acids is 1. The lowest BCUT2D eigenvalue weighted by molar-refractivity contribution is -0.121. The molecule has 29 heavy (non-hydrogen) atoms. The van der Waals surface area contributed by atoms with Crippen LogP contribution in [0.25, 0.3) is 11.3 Å². The molecular formula is C21H19N3O4S. The molecule has 2 N–H and O–H groups in total. The average molecular weight is 409 g/mol. The molecular weight excluding hydrogens is 390 g/mol. The number of aromatic nitrogens is 1. The zero-order valence-electron chi connectivity index (χ0n) is 15.9. The molecule has 2 heterocycles. The monoisotopic (exact) mass is 409 g/mol. The second-order valence-electron chi connectivity index (χ2n) is 6.54. The first-order valence-electron chi connectivity index (χ1n) is 9.11. The highest BCUT2D eigenvalue weighted by atomic mass is 32.1. The molecule has 0 saturated carbocycles. The SMILES string of the molecule is CCN1C(=O)COc2ccc(-c3nc(Nc4ccc(C(=O)O)cc4)sc3C)cc21. The maximum atomic E-state index is 12.1. The van der Waals surface area contributed by atoms with Gasteiger partial charge in [-0.2, -0.15) is 0 Å². The van der Waals surface area contributed by atoms with Crippen molar-refractivity contribution < 1.29 is 19.4 Å². The van der Waals surface area contributed by atoms with E-state index in [1.165, 1.54) is 11.3 Å². The fraction of sp³-hybridized carbons (Fsp3) is 0.190. The fourth-order valence-corrected chi connectivity index (χ4v) is 4.09. The Morgan fingerprint density at radius 1 is 1.28 bits per heavy atom. The van der Waals surface area contributed by atoms with Crippen LogP contribution in [0.3, 0.4) is 0 Å². The van der Waals surface area contributed by atoms with Crippen molar-refractivity contribution in [1.82, 2.24) is 4.98 Å². The minimum atomic E-state index is -0.958. The summed E-state index contributed by atoms with van der Waals surface area (Å²) in [7, 11) is 0. The normalized spacial score (nSPS) is 13.0. The molecule has 1 aromatic heterocycles. The van der Waals surface area contributed by atoms with Gasteiger partial charge in [-0.05, 0) is 56.3 Å². The first kappa shape index (κ1) is 18.9. The Labute approximate surface area is 171 Å². The highest BCUT2D eigenvalue weighted by Gasteiger charge is 2.25. The van der Waals surface area contributed by atoms with Crippen molar-refractivity contribution in [2.75, 3.05) is 23.4 Å². The lowest BCUT2D eigenvalue weighted by Crippen LogP contribution is -2.38. The van der Waals surface area contributed by atoms with Crippen LogP contribution in [-0.4, -0.2) is 35.1 Å². The number of benzene rings is 2. The number of amides is 1. The van der Waals surface area contributed by atoms with Crippen LogP contribution in [0, 0.1) is 6.92 Å². The summed E-state index contributed by atoms with van der Waals surface area (Å²) in [5, 5.41) is 12.9. The number of nitrogens with zero attached hydrogens (tertiary/aromatic N) is 2. The predicted octanol–water partition coefficient (Wildman–Crippen LogP) is 4.31. The van der Waals surface area contributed by atoms with E-state index in [9.17, 15) is 9.59 Å².